The standard InChI is InChI=1S/C27H21N5O7S/c1-37-21-8-4-19(5-9-21)31-16-18(28-29-31)15-30-26(33)25(40-27(30)34)14-17-3-12-23(24(13-17)38-2)39-22-10-6-20(7-11-22)32(35)36/h3-14,16H,15H2,1-2H3/b25-14-. The van der Waals surface area contributed by atoms with Gasteiger partial charge in [-0.15, -0.1) is 5.10 Å². The van der Waals surface area contributed by atoms with Gasteiger partial charge in [0, 0.05) is 12.1 Å². The molecule has 1 aliphatic rings. The van der Waals surface area contributed by atoms with E-state index in [9.17, 15) is 19.7 Å². The Morgan fingerprint density at radius 1 is 0.950 bits per heavy atom. The summed E-state index contributed by atoms with van der Waals surface area (Å²) in [6, 6.07) is 17.9. The zero-order valence-corrected chi connectivity index (χ0v) is 22.0. The SMILES string of the molecule is COc1ccc(-n2cc(CN3C(=O)S/C(=C\c4ccc(Oc5ccc([N+](=O)[O-])cc5)c(OC)c4)C3=O)nn2)cc1. The highest BCUT2D eigenvalue weighted by Crippen LogP contribution is 2.36. The monoisotopic (exact) mass is 559 g/mol. The van der Waals surface area contributed by atoms with Crippen molar-refractivity contribution in [3.63, 3.8) is 0 Å². The fraction of sp³-hybridized carbons (Fsp3) is 0.111. The number of nitro benzene ring substituents is 1. The zero-order valence-electron chi connectivity index (χ0n) is 21.2. The molecule has 2 amide bonds. The van der Waals surface area contributed by atoms with E-state index in [0.717, 1.165) is 22.3 Å². The molecular formula is C27H21N5O7S. The molecule has 0 atom stereocenters. The van der Waals surface area contributed by atoms with E-state index in [1.807, 2.05) is 12.1 Å². The Bertz CT molecular complexity index is 1620. The molecule has 0 radical (unpaired) electrons. The minimum atomic E-state index is -0.493. The van der Waals surface area contributed by atoms with E-state index >= 15 is 0 Å². The fourth-order valence-corrected chi connectivity index (χ4v) is 4.64. The minimum Gasteiger partial charge on any atom is -0.497 e. The summed E-state index contributed by atoms with van der Waals surface area (Å²) in [6.07, 6.45) is 3.25. The van der Waals surface area contributed by atoms with Crippen molar-refractivity contribution < 1.29 is 28.7 Å². The van der Waals surface area contributed by atoms with Crippen LogP contribution < -0.4 is 14.2 Å². The minimum absolute atomic E-state index is 0.0243. The summed E-state index contributed by atoms with van der Waals surface area (Å²) in [5, 5.41) is 18.6. The number of benzene rings is 3. The predicted octanol–water partition coefficient (Wildman–Crippen LogP) is 5.22. The van der Waals surface area contributed by atoms with Crippen molar-refractivity contribution in [1.82, 2.24) is 19.9 Å². The summed E-state index contributed by atoms with van der Waals surface area (Å²) in [5.74, 6) is 1.40. The smallest absolute Gasteiger partial charge is 0.293 e. The average Bonchev–Trinajstić information content (AvgIpc) is 3.54. The summed E-state index contributed by atoms with van der Waals surface area (Å²) in [5.41, 5.74) is 1.77. The first-order chi connectivity index (χ1) is 19.3. The summed E-state index contributed by atoms with van der Waals surface area (Å²) >= 11 is 0.830. The van der Waals surface area contributed by atoms with Crippen LogP contribution in [0.5, 0.6) is 23.0 Å². The number of non-ortho nitro benzene ring substituents is 1. The van der Waals surface area contributed by atoms with Crippen LogP contribution in [0.25, 0.3) is 11.8 Å². The van der Waals surface area contributed by atoms with Gasteiger partial charge in [-0.2, -0.15) is 0 Å². The van der Waals surface area contributed by atoms with Gasteiger partial charge in [-0.3, -0.25) is 24.6 Å². The molecule has 4 aromatic rings. The van der Waals surface area contributed by atoms with Gasteiger partial charge >= 0.3 is 0 Å². The molecule has 0 unspecified atom stereocenters. The van der Waals surface area contributed by atoms with E-state index in [0.29, 0.717) is 34.3 Å². The highest BCUT2D eigenvalue weighted by atomic mass is 32.2. The van der Waals surface area contributed by atoms with Crippen molar-refractivity contribution >= 4 is 34.7 Å². The van der Waals surface area contributed by atoms with Gasteiger partial charge in [-0.25, -0.2) is 4.68 Å². The Morgan fingerprint density at radius 3 is 2.35 bits per heavy atom. The highest BCUT2D eigenvalue weighted by Gasteiger charge is 2.35. The third-order valence-corrected chi connectivity index (χ3v) is 6.74. The third-order valence-electron chi connectivity index (χ3n) is 5.83. The van der Waals surface area contributed by atoms with Crippen molar-refractivity contribution in [1.29, 1.82) is 0 Å². The van der Waals surface area contributed by atoms with Crippen LogP contribution in [0.1, 0.15) is 11.3 Å². The van der Waals surface area contributed by atoms with Gasteiger partial charge in [0.25, 0.3) is 16.8 Å². The number of amides is 2. The van der Waals surface area contributed by atoms with Crippen LogP contribution in [0.3, 0.4) is 0 Å². The van der Waals surface area contributed by atoms with Crippen molar-refractivity contribution in [3.05, 3.63) is 99.2 Å². The maximum Gasteiger partial charge on any atom is 0.293 e. The fourth-order valence-electron chi connectivity index (χ4n) is 3.80. The summed E-state index contributed by atoms with van der Waals surface area (Å²) in [6.45, 7) is -0.0243. The van der Waals surface area contributed by atoms with Gasteiger partial charge in [-0.1, -0.05) is 11.3 Å². The number of hydrogen-bond acceptors (Lipinski definition) is 10. The molecule has 5 rings (SSSR count). The predicted molar refractivity (Wildman–Crippen MR) is 146 cm³/mol. The summed E-state index contributed by atoms with van der Waals surface area (Å²) < 4.78 is 17.9. The number of imide groups is 1. The molecule has 3 aromatic carbocycles. The first-order valence-corrected chi connectivity index (χ1v) is 12.6. The molecule has 1 aromatic heterocycles. The molecular weight excluding hydrogens is 538 g/mol. The van der Waals surface area contributed by atoms with Crippen LogP contribution in [-0.4, -0.2) is 50.2 Å². The number of carbonyl (C=O) groups is 2. The van der Waals surface area contributed by atoms with Crippen molar-refractivity contribution in [2.24, 2.45) is 0 Å². The van der Waals surface area contributed by atoms with Crippen LogP contribution in [-0.2, 0) is 11.3 Å². The maximum atomic E-state index is 13.1. The number of methoxy groups -OCH3 is 2. The number of hydrogen-bond donors (Lipinski definition) is 0. The lowest BCUT2D eigenvalue weighted by Gasteiger charge is -2.11. The van der Waals surface area contributed by atoms with Crippen molar-refractivity contribution in [2.75, 3.05) is 14.2 Å². The summed E-state index contributed by atoms with van der Waals surface area (Å²) in [4.78, 5) is 37.4. The Morgan fingerprint density at radius 2 is 1.68 bits per heavy atom. The Kier molecular flexibility index (Phi) is 7.46. The Hall–Kier alpha value is -5.17. The second-order valence-electron chi connectivity index (χ2n) is 8.38. The molecule has 0 bridgehead atoms. The zero-order chi connectivity index (χ0) is 28.2. The molecule has 40 heavy (non-hydrogen) atoms. The normalized spacial score (nSPS) is 14.1. The lowest BCUT2D eigenvalue weighted by molar-refractivity contribution is -0.384. The van der Waals surface area contributed by atoms with Crippen LogP contribution >= 0.6 is 11.8 Å². The highest BCUT2D eigenvalue weighted by molar-refractivity contribution is 8.18. The molecule has 0 N–H and O–H groups in total. The number of nitrogens with zero attached hydrogens (tertiary/aromatic N) is 5. The van der Waals surface area contributed by atoms with Gasteiger partial charge < -0.3 is 14.2 Å². The average molecular weight is 560 g/mol. The van der Waals surface area contributed by atoms with Crippen LogP contribution in [0, 0.1) is 10.1 Å². The van der Waals surface area contributed by atoms with Gasteiger partial charge in [0.2, 0.25) is 0 Å². The summed E-state index contributed by atoms with van der Waals surface area (Å²) in [7, 11) is 3.05. The number of thioether (sulfide) groups is 1. The van der Waals surface area contributed by atoms with Gasteiger partial charge in [-0.05, 0) is 71.9 Å². The molecule has 2 heterocycles. The molecule has 1 saturated heterocycles. The number of carbonyl (C=O) groups excluding carboxylic acids is 2. The molecule has 0 aliphatic carbocycles. The lowest BCUT2D eigenvalue weighted by Crippen LogP contribution is -2.27. The first-order valence-electron chi connectivity index (χ1n) is 11.8. The molecule has 13 heteroatoms. The van der Waals surface area contributed by atoms with E-state index in [1.54, 1.807) is 54.4 Å². The number of nitro groups is 1. The van der Waals surface area contributed by atoms with Gasteiger partial charge in [0.05, 0.1) is 42.5 Å². The van der Waals surface area contributed by atoms with E-state index in [2.05, 4.69) is 10.3 Å². The molecule has 0 saturated carbocycles. The molecule has 1 aliphatic heterocycles. The topological polar surface area (TPSA) is 139 Å². The third kappa shape index (κ3) is 5.63. The van der Waals surface area contributed by atoms with Crippen molar-refractivity contribution in [3.8, 4) is 28.7 Å². The van der Waals surface area contributed by atoms with E-state index < -0.39 is 16.1 Å². The van der Waals surface area contributed by atoms with Crippen LogP contribution in [0.2, 0.25) is 0 Å². The molecule has 202 valence electrons. The van der Waals surface area contributed by atoms with E-state index in [1.165, 1.54) is 31.4 Å². The van der Waals surface area contributed by atoms with Crippen LogP contribution in [0.4, 0.5) is 10.5 Å². The number of rotatable bonds is 9. The van der Waals surface area contributed by atoms with Crippen LogP contribution in [0.15, 0.2) is 77.8 Å². The second-order valence-corrected chi connectivity index (χ2v) is 9.38. The first kappa shape index (κ1) is 26.4. The largest absolute Gasteiger partial charge is 0.497 e. The van der Waals surface area contributed by atoms with Gasteiger partial charge in [0.15, 0.2) is 11.5 Å². The Balaban J connectivity index is 1.28. The maximum absolute atomic E-state index is 13.1. The van der Waals surface area contributed by atoms with E-state index in [-0.39, 0.29) is 17.1 Å². The van der Waals surface area contributed by atoms with Gasteiger partial charge in [0.1, 0.15) is 17.2 Å². The Labute approximate surface area is 231 Å². The lowest BCUT2D eigenvalue weighted by atomic mass is 10.2. The quantitative estimate of drug-likeness (QED) is 0.152. The van der Waals surface area contributed by atoms with Crippen molar-refractivity contribution in [2.45, 2.75) is 6.54 Å². The molecule has 12 nitrogen and oxygen atoms in total. The molecule has 0 spiro atoms. The molecule has 1 fully saturated rings. The second kappa shape index (κ2) is 11.3. The number of ether oxygens (including phenoxy) is 3. The van der Waals surface area contributed by atoms with E-state index in [4.69, 9.17) is 14.2 Å². The number of aromatic nitrogens is 3.